The van der Waals surface area contributed by atoms with Gasteiger partial charge in [0.2, 0.25) is 0 Å². The van der Waals surface area contributed by atoms with Gasteiger partial charge in [-0.25, -0.2) is 0 Å². The molecule has 0 aliphatic carbocycles. The molecule has 4 nitrogen and oxygen atoms in total. The van der Waals surface area contributed by atoms with Crippen LogP contribution < -0.4 is 0 Å². The summed E-state index contributed by atoms with van der Waals surface area (Å²) in [6.07, 6.45) is 4.79. The third kappa shape index (κ3) is 12.4. The summed E-state index contributed by atoms with van der Waals surface area (Å²) >= 11 is 0. The number of unbranched alkanes of at least 4 members (excludes halogenated alkanes) is 1. The zero-order valence-electron chi connectivity index (χ0n) is 17.2. The van der Waals surface area contributed by atoms with E-state index < -0.39 is 0 Å². The van der Waals surface area contributed by atoms with E-state index in [1.807, 2.05) is 34.6 Å². The maximum Gasteiger partial charge on any atom is 0.311 e. The van der Waals surface area contributed by atoms with E-state index in [9.17, 15) is 9.59 Å². The monoisotopic (exact) mass is 344 g/mol. The molecule has 2 unspecified atom stereocenters. The normalized spacial score (nSPS) is 13.3. The first-order valence-corrected chi connectivity index (χ1v) is 9.49. The predicted octanol–water partition coefficient (Wildman–Crippen LogP) is 5.39. The van der Waals surface area contributed by atoms with Crippen molar-refractivity contribution in [3.8, 4) is 0 Å². The molecule has 0 bridgehead atoms. The van der Waals surface area contributed by atoms with Crippen LogP contribution in [0.3, 0.4) is 0 Å². The molecule has 0 saturated carbocycles. The molecule has 0 fully saturated rings. The lowest BCUT2D eigenvalue weighted by Crippen LogP contribution is -2.26. The Balaban J connectivity index is 0. The minimum atomic E-state index is -0.312. The van der Waals surface area contributed by atoms with E-state index in [4.69, 9.17) is 9.47 Å². The lowest BCUT2D eigenvalue weighted by molar-refractivity contribution is -0.154. The van der Waals surface area contributed by atoms with Crippen molar-refractivity contribution in [1.82, 2.24) is 0 Å². The topological polar surface area (TPSA) is 52.6 Å². The molecule has 0 N–H and O–H groups in total. The van der Waals surface area contributed by atoms with Gasteiger partial charge in [0.15, 0.2) is 0 Å². The SMILES string of the molecule is CCC(C)COC(=O)C(C)CC.CCCCOC(=O)C(C)(C)CC. The molecule has 0 aliphatic rings. The molecule has 0 aromatic carbocycles. The van der Waals surface area contributed by atoms with Crippen LogP contribution in [0.4, 0.5) is 0 Å². The van der Waals surface area contributed by atoms with Gasteiger partial charge in [-0.1, -0.05) is 54.4 Å². The van der Waals surface area contributed by atoms with Gasteiger partial charge in [0.05, 0.1) is 24.5 Å². The summed E-state index contributed by atoms with van der Waals surface area (Å²) in [6.45, 7) is 17.1. The Bertz CT molecular complexity index is 337. The molecule has 0 spiro atoms. The highest BCUT2D eigenvalue weighted by molar-refractivity contribution is 5.75. The summed E-state index contributed by atoms with van der Waals surface area (Å²) in [5, 5.41) is 0. The van der Waals surface area contributed by atoms with Crippen molar-refractivity contribution in [3.05, 3.63) is 0 Å². The molecular weight excluding hydrogens is 304 g/mol. The molecule has 0 amide bonds. The summed E-state index contributed by atoms with van der Waals surface area (Å²) in [6, 6.07) is 0. The number of ether oxygens (including phenoxy) is 2. The highest BCUT2D eigenvalue weighted by Gasteiger charge is 2.26. The molecule has 0 saturated heterocycles. The summed E-state index contributed by atoms with van der Waals surface area (Å²) < 4.78 is 10.2. The third-order valence-corrected chi connectivity index (χ3v) is 4.39. The van der Waals surface area contributed by atoms with Crippen LogP contribution in [-0.2, 0) is 19.1 Å². The first-order chi connectivity index (χ1) is 11.2. The molecule has 0 heterocycles. The van der Waals surface area contributed by atoms with Gasteiger partial charge in [0.25, 0.3) is 0 Å². The van der Waals surface area contributed by atoms with Crippen LogP contribution in [0.25, 0.3) is 0 Å². The minimum absolute atomic E-state index is 0.0501. The Kier molecular flexibility index (Phi) is 15.0. The third-order valence-electron chi connectivity index (χ3n) is 4.39. The van der Waals surface area contributed by atoms with Gasteiger partial charge >= 0.3 is 11.9 Å². The molecule has 2 atom stereocenters. The van der Waals surface area contributed by atoms with E-state index >= 15 is 0 Å². The Morgan fingerprint density at radius 2 is 1.54 bits per heavy atom. The highest BCUT2D eigenvalue weighted by Crippen LogP contribution is 2.21. The number of carbonyl (C=O) groups excluding carboxylic acids is 2. The van der Waals surface area contributed by atoms with Crippen molar-refractivity contribution >= 4 is 11.9 Å². The van der Waals surface area contributed by atoms with E-state index in [0.717, 1.165) is 32.1 Å². The zero-order valence-corrected chi connectivity index (χ0v) is 17.2. The molecule has 0 aromatic rings. The van der Waals surface area contributed by atoms with E-state index in [1.54, 1.807) is 0 Å². The molecular formula is C20H40O4. The Labute approximate surface area is 149 Å². The van der Waals surface area contributed by atoms with Gasteiger partial charge in [-0.3, -0.25) is 9.59 Å². The molecule has 0 aliphatic heterocycles. The number of esters is 2. The van der Waals surface area contributed by atoms with Crippen molar-refractivity contribution in [1.29, 1.82) is 0 Å². The second-order valence-electron chi connectivity index (χ2n) is 7.18. The first-order valence-electron chi connectivity index (χ1n) is 9.49. The number of hydrogen-bond donors (Lipinski definition) is 0. The number of rotatable bonds is 10. The maximum atomic E-state index is 11.3. The standard InChI is InChI=1S/2C10H20O2/c1-5-8(3)7-12-10(11)9(4)6-2;1-5-7-8-12-9(11)10(3,4)6-2/h8-9H,5-7H2,1-4H3;5-8H2,1-4H3. The lowest BCUT2D eigenvalue weighted by Gasteiger charge is -2.19. The van der Waals surface area contributed by atoms with Crippen LogP contribution in [0.2, 0.25) is 0 Å². The molecule has 4 heteroatoms. The molecule has 144 valence electrons. The molecule has 0 aromatic heterocycles. The molecule has 0 radical (unpaired) electrons. The number of hydrogen-bond acceptors (Lipinski definition) is 4. The van der Waals surface area contributed by atoms with Crippen molar-refractivity contribution in [2.24, 2.45) is 17.3 Å². The zero-order chi connectivity index (χ0) is 19.2. The first kappa shape index (κ1) is 25.2. The van der Waals surface area contributed by atoms with Gasteiger partial charge in [0, 0.05) is 0 Å². The average molecular weight is 345 g/mol. The Morgan fingerprint density at radius 1 is 0.958 bits per heavy atom. The van der Waals surface area contributed by atoms with Crippen LogP contribution >= 0.6 is 0 Å². The van der Waals surface area contributed by atoms with E-state index in [0.29, 0.717) is 19.1 Å². The van der Waals surface area contributed by atoms with E-state index in [1.165, 1.54) is 0 Å². The predicted molar refractivity (Wildman–Crippen MR) is 99.8 cm³/mol. The van der Waals surface area contributed by atoms with Crippen molar-refractivity contribution < 1.29 is 19.1 Å². The molecule has 24 heavy (non-hydrogen) atoms. The fourth-order valence-electron chi connectivity index (χ4n) is 1.30. The fourth-order valence-corrected chi connectivity index (χ4v) is 1.30. The van der Waals surface area contributed by atoms with Crippen molar-refractivity contribution in [2.45, 2.75) is 87.5 Å². The lowest BCUT2D eigenvalue weighted by atomic mass is 9.91. The van der Waals surface area contributed by atoms with Crippen molar-refractivity contribution in [2.75, 3.05) is 13.2 Å². The summed E-state index contributed by atoms with van der Waals surface area (Å²) in [5.74, 6) is 0.406. The van der Waals surface area contributed by atoms with E-state index in [-0.39, 0.29) is 23.3 Å². The molecule has 0 rings (SSSR count). The van der Waals surface area contributed by atoms with E-state index in [2.05, 4.69) is 20.8 Å². The summed E-state index contributed by atoms with van der Waals surface area (Å²) in [4.78, 5) is 22.5. The Hall–Kier alpha value is -1.06. The van der Waals surface area contributed by atoms with Crippen LogP contribution in [-0.4, -0.2) is 25.2 Å². The van der Waals surface area contributed by atoms with Gasteiger partial charge in [0.1, 0.15) is 0 Å². The smallest absolute Gasteiger partial charge is 0.311 e. The largest absolute Gasteiger partial charge is 0.465 e. The van der Waals surface area contributed by atoms with Gasteiger partial charge in [-0.15, -0.1) is 0 Å². The van der Waals surface area contributed by atoms with Crippen LogP contribution in [0.15, 0.2) is 0 Å². The van der Waals surface area contributed by atoms with Crippen LogP contribution in [0.1, 0.15) is 87.5 Å². The number of carbonyl (C=O) groups is 2. The van der Waals surface area contributed by atoms with Gasteiger partial charge in [-0.2, -0.15) is 0 Å². The van der Waals surface area contributed by atoms with Crippen molar-refractivity contribution in [3.63, 3.8) is 0 Å². The summed E-state index contributed by atoms with van der Waals surface area (Å²) in [5.41, 5.74) is -0.312. The summed E-state index contributed by atoms with van der Waals surface area (Å²) in [7, 11) is 0. The van der Waals surface area contributed by atoms with Crippen LogP contribution in [0, 0.1) is 17.3 Å². The second kappa shape index (κ2) is 14.3. The highest BCUT2D eigenvalue weighted by atomic mass is 16.5. The van der Waals surface area contributed by atoms with Gasteiger partial charge in [-0.05, 0) is 39.0 Å². The fraction of sp³-hybridized carbons (Fsp3) is 0.900. The minimum Gasteiger partial charge on any atom is -0.465 e. The Morgan fingerprint density at radius 3 is 1.96 bits per heavy atom. The quantitative estimate of drug-likeness (QED) is 0.394. The average Bonchev–Trinajstić information content (AvgIpc) is 2.58. The van der Waals surface area contributed by atoms with Gasteiger partial charge < -0.3 is 9.47 Å². The second-order valence-corrected chi connectivity index (χ2v) is 7.18. The van der Waals surface area contributed by atoms with Crippen LogP contribution in [0.5, 0.6) is 0 Å². The maximum absolute atomic E-state index is 11.3.